The van der Waals surface area contributed by atoms with Gasteiger partial charge in [-0.1, -0.05) is 241 Å². The predicted molar refractivity (Wildman–Crippen MR) is 273 cm³/mol. The van der Waals surface area contributed by atoms with Gasteiger partial charge in [0.1, 0.15) is 25.4 Å². The van der Waals surface area contributed by atoms with E-state index in [0.717, 1.165) is 49.7 Å². The monoisotopic (exact) mass is 955 g/mol. The largest absolute Gasteiger partial charge is 0.508 e. The first kappa shape index (κ1) is 56.9. The number of carbonyl (C=O) groups is 4. The van der Waals surface area contributed by atoms with Gasteiger partial charge in [0.2, 0.25) is 0 Å². The van der Waals surface area contributed by atoms with Crippen molar-refractivity contribution in [1.29, 1.82) is 0 Å². The first-order chi connectivity index (χ1) is 33.8. The van der Waals surface area contributed by atoms with Crippen molar-refractivity contribution < 1.29 is 47.6 Å². The highest BCUT2D eigenvalue weighted by atomic mass is 16.8. The molecule has 1 heterocycles. The summed E-state index contributed by atoms with van der Waals surface area (Å²) in [7, 11) is 0. The van der Waals surface area contributed by atoms with Crippen LogP contribution in [0.3, 0.4) is 0 Å². The average Bonchev–Trinajstić information content (AvgIpc) is 3.80. The highest BCUT2D eigenvalue weighted by molar-refractivity contribution is 5.89. The van der Waals surface area contributed by atoms with Crippen LogP contribution in [0, 0.1) is 0 Å². The molecule has 3 aromatic carbocycles. The maximum atomic E-state index is 13.5. The van der Waals surface area contributed by atoms with Gasteiger partial charge in [0.05, 0.1) is 12.2 Å². The number of cyclic esters (lactones) is 2. The molecule has 0 radical (unpaired) electrons. The van der Waals surface area contributed by atoms with Crippen LogP contribution in [0.5, 0.6) is 0 Å². The SMILES string of the molecule is CCCCCCCCCCCCCCCC(=O)OCC(COC(c1ccccc1)(c1ccccc1)c1ccc(C(=O)OCC2COC(=O)O2)cc1)OC(=O)CCCCCCCCCCCCCCC. The molecular weight excluding hydrogens is 869 g/mol. The summed E-state index contributed by atoms with van der Waals surface area (Å²) < 4.78 is 34.3. The Labute approximate surface area is 415 Å². The molecule has 0 spiro atoms. The minimum Gasteiger partial charge on any atom is -0.462 e. The van der Waals surface area contributed by atoms with Crippen LogP contribution in [0.2, 0.25) is 0 Å². The fraction of sp³-hybridized carbons (Fsp3) is 0.627. The molecule has 0 amide bonds. The maximum Gasteiger partial charge on any atom is 0.508 e. The predicted octanol–water partition coefficient (Wildman–Crippen LogP) is 15.1. The lowest BCUT2D eigenvalue weighted by Crippen LogP contribution is -2.38. The van der Waals surface area contributed by atoms with Gasteiger partial charge in [0.15, 0.2) is 12.2 Å². The second-order valence-electron chi connectivity index (χ2n) is 19.0. The van der Waals surface area contributed by atoms with Crippen LogP contribution in [0.25, 0.3) is 0 Å². The molecule has 2 atom stereocenters. The lowest BCUT2D eigenvalue weighted by Gasteiger charge is -2.37. The number of benzene rings is 3. The van der Waals surface area contributed by atoms with Gasteiger partial charge in [0, 0.05) is 12.8 Å². The highest BCUT2D eigenvalue weighted by Gasteiger charge is 2.39. The first-order valence-corrected chi connectivity index (χ1v) is 27.1. The Balaban J connectivity index is 1.38. The fourth-order valence-electron chi connectivity index (χ4n) is 9.05. The van der Waals surface area contributed by atoms with Gasteiger partial charge in [-0.05, 0) is 41.7 Å². The summed E-state index contributed by atoms with van der Waals surface area (Å²) >= 11 is 0. The summed E-state index contributed by atoms with van der Waals surface area (Å²) in [4.78, 5) is 51.1. The van der Waals surface area contributed by atoms with E-state index >= 15 is 0 Å². The number of ether oxygens (including phenoxy) is 6. The molecule has 1 aliphatic heterocycles. The molecule has 0 aliphatic carbocycles. The fourth-order valence-corrected chi connectivity index (χ4v) is 9.05. The number of rotatable bonds is 40. The summed E-state index contributed by atoms with van der Waals surface area (Å²) in [5.41, 5.74) is 1.41. The number of unbranched alkanes of at least 4 members (excludes halogenated alkanes) is 24. The van der Waals surface area contributed by atoms with E-state index in [4.69, 9.17) is 28.4 Å². The van der Waals surface area contributed by atoms with Crippen molar-refractivity contribution in [2.24, 2.45) is 0 Å². The van der Waals surface area contributed by atoms with Crippen LogP contribution in [0.4, 0.5) is 4.79 Å². The van der Waals surface area contributed by atoms with Gasteiger partial charge in [-0.2, -0.15) is 0 Å². The van der Waals surface area contributed by atoms with E-state index in [9.17, 15) is 19.2 Å². The Bertz CT molecular complexity index is 1770. The Morgan fingerprint density at radius 3 is 1.38 bits per heavy atom. The molecule has 69 heavy (non-hydrogen) atoms. The van der Waals surface area contributed by atoms with Gasteiger partial charge < -0.3 is 28.4 Å². The third kappa shape index (κ3) is 22.7. The van der Waals surface area contributed by atoms with Crippen molar-refractivity contribution in [3.05, 3.63) is 107 Å². The molecule has 10 heteroatoms. The number of hydrogen-bond acceptors (Lipinski definition) is 10. The Kier molecular flexibility index (Phi) is 29.2. The van der Waals surface area contributed by atoms with Crippen LogP contribution in [-0.4, -0.2) is 62.7 Å². The van der Waals surface area contributed by atoms with Crippen molar-refractivity contribution in [2.45, 2.75) is 211 Å². The summed E-state index contributed by atoms with van der Waals surface area (Å²) in [6.07, 6.45) is 30.0. The van der Waals surface area contributed by atoms with E-state index < -0.39 is 29.9 Å². The van der Waals surface area contributed by atoms with Gasteiger partial charge in [-0.25, -0.2) is 9.59 Å². The summed E-state index contributed by atoms with van der Waals surface area (Å²) in [5, 5.41) is 0. The summed E-state index contributed by atoms with van der Waals surface area (Å²) in [6.45, 7) is 4.20. The molecule has 0 N–H and O–H groups in total. The summed E-state index contributed by atoms with van der Waals surface area (Å²) in [6, 6.07) is 26.5. The van der Waals surface area contributed by atoms with Crippen LogP contribution in [0.15, 0.2) is 84.9 Å². The Morgan fingerprint density at radius 2 is 0.942 bits per heavy atom. The molecule has 1 aliphatic rings. The average molecular weight is 955 g/mol. The van der Waals surface area contributed by atoms with E-state index in [1.54, 1.807) is 12.1 Å². The molecule has 10 nitrogen and oxygen atoms in total. The molecular formula is C59H86O10. The molecule has 0 aromatic heterocycles. The summed E-state index contributed by atoms with van der Waals surface area (Å²) in [5.74, 6) is -1.23. The zero-order valence-electron chi connectivity index (χ0n) is 42.4. The molecule has 3 aromatic rings. The molecule has 382 valence electrons. The zero-order chi connectivity index (χ0) is 49.0. The lowest BCUT2D eigenvalue weighted by atomic mass is 9.79. The van der Waals surface area contributed by atoms with Gasteiger partial charge in [0.25, 0.3) is 0 Å². The second-order valence-corrected chi connectivity index (χ2v) is 19.0. The van der Waals surface area contributed by atoms with Gasteiger partial charge in [-0.15, -0.1) is 0 Å². The molecule has 0 saturated carbocycles. The van der Waals surface area contributed by atoms with Crippen molar-refractivity contribution in [3.63, 3.8) is 0 Å². The minimum absolute atomic E-state index is 0.0213. The third-order valence-electron chi connectivity index (χ3n) is 13.1. The van der Waals surface area contributed by atoms with E-state index in [-0.39, 0.29) is 44.8 Å². The van der Waals surface area contributed by atoms with Gasteiger partial charge in [-0.3, -0.25) is 9.59 Å². The topological polar surface area (TPSA) is 124 Å². The van der Waals surface area contributed by atoms with Crippen LogP contribution in [-0.2, 0) is 43.6 Å². The van der Waals surface area contributed by atoms with Crippen LogP contribution < -0.4 is 0 Å². The standard InChI is InChI=1S/C59H86O10/c1-3-5-7-9-11-13-15-17-19-21-23-25-33-39-55(60)64-45-54(68-56(61)40-34-26-24-22-20-18-16-14-12-10-8-6-4-2)48-67-59(50-35-29-27-30-36-50,51-37-31-28-32-38-51)52-43-41-49(42-44-52)57(62)65-46-53-47-66-58(63)69-53/h27-32,35-38,41-44,53-54H,3-26,33-34,39-40,45-48H2,1-2H3. The smallest absolute Gasteiger partial charge is 0.462 e. The van der Waals surface area contributed by atoms with Crippen LogP contribution in [0.1, 0.15) is 221 Å². The van der Waals surface area contributed by atoms with Crippen LogP contribution >= 0.6 is 0 Å². The quantitative estimate of drug-likeness (QED) is 0.0235. The lowest BCUT2D eigenvalue weighted by molar-refractivity contribution is -0.165. The molecule has 0 bridgehead atoms. The maximum absolute atomic E-state index is 13.5. The van der Waals surface area contributed by atoms with E-state index in [1.807, 2.05) is 72.8 Å². The Hall–Kier alpha value is -4.70. The molecule has 4 rings (SSSR count). The number of carbonyl (C=O) groups excluding carboxylic acids is 4. The van der Waals surface area contributed by atoms with E-state index in [0.29, 0.717) is 17.5 Å². The highest BCUT2D eigenvalue weighted by Crippen LogP contribution is 2.41. The van der Waals surface area contributed by atoms with E-state index in [2.05, 4.69) is 13.8 Å². The van der Waals surface area contributed by atoms with Crippen molar-refractivity contribution >= 4 is 24.1 Å². The van der Waals surface area contributed by atoms with E-state index in [1.165, 1.54) is 128 Å². The normalized spacial score (nSPS) is 13.9. The first-order valence-electron chi connectivity index (χ1n) is 27.1. The molecule has 1 fully saturated rings. The Morgan fingerprint density at radius 1 is 0.522 bits per heavy atom. The van der Waals surface area contributed by atoms with Crippen molar-refractivity contribution in [3.8, 4) is 0 Å². The second kappa shape index (κ2) is 35.4. The number of esters is 3. The third-order valence-corrected chi connectivity index (χ3v) is 13.1. The van der Waals surface area contributed by atoms with Gasteiger partial charge >= 0.3 is 24.1 Å². The van der Waals surface area contributed by atoms with Crippen molar-refractivity contribution in [1.82, 2.24) is 0 Å². The number of hydrogen-bond donors (Lipinski definition) is 0. The zero-order valence-corrected chi connectivity index (χ0v) is 42.4. The van der Waals surface area contributed by atoms with Crippen molar-refractivity contribution in [2.75, 3.05) is 26.4 Å². The minimum atomic E-state index is -1.22. The molecule has 2 unspecified atom stereocenters. The molecule has 1 saturated heterocycles.